The third-order valence-electron chi connectivity index (χ3n) is 4.56. The van der Waals surface area contributed by atoms with Crippen molar-refractivity contribution in [2.24, 2.45) is 0 Å². The summed E-state index contributed by atoms with van der Waals surface area (Å²) in [6.07, 6.45) is 6.00. The van der Waals surface area contributed by atoms with Gasteiger partial charge in [0.1, 0.15) is 12.0 Å². The number of benzene rings is 1. The van der Waals surface area contributed by atoms with Crippen LogP contribution in [-0.2, 0) is 9.53 Å². The van der Waals surface area contributed by atoms with Crippen LogP contribution in [0.25, 0.3) is 0 Å². The molecule has 1 aromatic carbocycles. The van der Waals surface area contributed by atoms with Gasteiger partial charge in [-0.25, -0.2) is 0 Å². The number of carbonyl (C=O) groups is 1. The first-order valence-electron chi connectivity index (χ1n) is 7.45. The maximum atomic E-state index is 12.3. The van der Waals surface area contributed by atoms with Crippen LogP contribution in [0.3, 0.4) is 0 Å². The normalized spacial score (nSPS) is 29.3. The molecule has 4 nitrogen and oxygen atoms in total. The number of aliphatic hydroxyl groups excluding tert-OH is 1. The smallest absolute Gasteiger partial charge is 0.316 e. The molecule has 0 spiro atoms. The first kappa shape index (κ1) is 14.3. The van der Waals surface area contributed by atoms with Crippen molar-refractivity contribution < 1.29 is 14.6 Å². The zero-order chi connectivity index (χ0) is 14.8. The third-order valence-corrected chi connectivity index (χ3v) is 4.56. The fourth-order valence-corrected chi connectivity index (χ4v) is 3.24. The van der Waals surface area contributed by atoms with Crippen LogP contribution in [0, 0.1) is 0 Å². The average Bonchev–Trinajstić information content (AvgIpc) is 2.72. The van der Waals surface area contributed by atoms with E-state index in [1.54, 1.807) is 0 Å². The van der Waals surface area contributed by atoms with Crippen molar-refractivity contribution in [3.8, 4) is 0 Å². The summed E-state index contributed by atoms with van der Waals surface area (Å²) in [6.45, 7) is -0.222. The Morgan fingerprint density at radius 3 is 2.48 bits per heavy atom. The van der Waals surface area contributed by atoms with E-state index in [4.69, 9.17) is 4.74 Å². The van der Waals surface area contributed by atoms with Gasteiger partial charge in [0, 0.05) is 24.9 Å². The van der Waals surface area contributed by atoms with Gasteiger partial charge in [0.25, 0.3) is 0 Å². The van der Waals surface area contributed by atoms with Gasteiger partial charge in [-0.05, 0) is 12.6 Å². The van der Waals surface area contributed by atoms with Gasteiger partial charge in [-0.3, -0.25) is 9.69 Å². The molecule has 21 heavy (non-hydrogen) atoms. The molecule has 1 fully saturated rings. The Bertz CT molecular complexity index is 512. The highest BCUT2D eigenvalue weighted by molar-refractivity contribution is 5.78. The highest BCUT2D eigenvalue weighted by Crippen LogP contribution is 2.31. The van der Waals surface area contributed by atoms with E-state index >= 15 is 0 Å². The lowest BCUT2D eigenvalue weighted by molar-refractivity contribution is -0.155. The van der Waals surface area contributed by atoms with Crippen LogP contribution in [0.5, 0.6) is 0 Å². The monoisotopic (exact) mass is 287 g/mol. The Morgan fingerprint density at radius 2 is 1.90 bits per heavy atom. The minimum Gasteiger partial charge on any atom is -0.462 e. The summed E-state index contributed by atoms with van der Waals surface area (Å²) in [5, 5.41) is 9.52. The summed E-state index contributed by atoms with van der Waals surface area (Å²) in [4.78, 5) is 14.7. The van der Waals surface area contributed by atoms with E-state index in [0.29, 0.717) is 12.1 Å². The lowest BCUT2D eigenvalue weighted by Gasteiger charge is -2.36. The van der Waals surface area contributed by atoms with Crippen molar-refractivity contribution in [1.29, 1.82) is 0 Å². The van der Waals surface area contributed by atoms with E-state index in [0.717, 1.165) is 18.4 Å². The lowest BCUT2D eigenvalue weighted by atomic mass is 9.98. The molecule has 112 valence electrons. The van der Waals surface area contributed by atoms with Gasteiger partial charge in [-0.2, -0.15) is 0 Å². The Hall–Kier alpha value is -1.65. The number of hydrogen-bond donors (Lipinski definition) is 1. The second-order valence-corrected chi connectivity index (χ2v) is 5.86. The Labute approximate surface area is 125 Å². The van der Waals surface area contributed by atoms with Gasteiger partial charge in [0.2, 0.25) is 0 Å². The number of rotatable bonds is 4. The van der Waals surface area contributed by atoms with Crippen molar-refractivity contribution in [3.63, 3.8) is 0 Å². The van der Waals surface area contributed by atoms with Crippen LogP contribution >= 0.6 is 0 Å². The van der Waals surface area contributed by atoms with Gasteiger partial charge in [-0.1, -0.05) is 42.5 Å². The molecule has 1 unspecified atom stereocenters. The number of likely N-dealkylation sites (N-methyl/N-ethyl adjacent to an activating group) is 1. The zero-order valence-corrected chi connectivity index (χ0v) is 12.2. The second-order valence-electron chi connectivity index (χ2n) is 5.86. The zero-order valence-electron chi connectivity index (χ0n) is 12.2. The molecule has 3 rings (SSSR count). The Balaban J connectivity index is 1.64. The van der Waals surface area contributed by atoms with Gasteiger partial charge >= 0.3 is 5.97 Å². The Kier molecular flexibility index (Phi) is 4.08. The first-order valence-corrected chi connectivity index (χ1v) is 7.45. The van der Waals surface area contributed by atoms with E-state index in [1.165, 1.54) is 0 Å². The van der Waals surface area contributed by atoms with E-state index < -0.39 is 5.92 Å². The van der Waals surface area contributed by atoms with E-state index in [-0.39, 0.29) is 18.7 Å². The molecule has 2 aliphatic heterocycles. The van der Waals surface area contributed by atoms with Gasteiger partial charge < -0.3 is 9.84 Å². The molecule has 0 aliphatic carbocycles. The van der Waals surface area contributed by atoms with Crippen LogP contribution in [-0.4, -0.2) is 47.8 Å². The quantitative estimate of drug-likeness (QED) is 0.676. The number of esters is 1. The number of nitrogens with zero attached hydrogens (tertiary/aromatic N) is 1. The van der Waals surface area contributed by atoms with Crippen LogP contribution in [0.4, 0.5) is 0 Å². The van der Waals surface area contributed by atoms with Crippen LogP contribution in [0.1, 0.15) is 24.3 Å². The molecule has 2 aliphatic rings. The van der Waals surface area contributed by atoms with Gasteiger partial charge in [0.05, 0.1) is 6.61 Å². The minimum atomic E-state index is -0.587. The number of aliphatic hydroxyl groups is 1. The third kappa shape index (κ3) is 2.87. The largest absolute Gasteiger partial charge is 0.462 e. The lowest BCUT2D eigenvalue weighted by Crippen LogP contribution is -2.44. The Morgan fingerprint density at radius 1 is 1.29 bits per heavy atom. The van der Waals surface area contributed by atoms with E-state index in [2.05, 4.69) is 24.1 Å². The number of fused-ring (bicyclic) bond motifs is 2. The standard InChI is InChI=1S/C17H21NO3/c1-18-13-7-8-14(18)10-15(9-13)21-17(20)16(11-19)12-5-3-2-4-6-12/h2-8,13-16,19H,9-11H2,1H3/t13-,14+,15?,16-/m1/s1. The molecule has 0 aromatic heterocycles. The maximum Gasteiger partial charge on any atom is 0.316 e. The number of piperidine rings is 1. The van der Waals surface area contributed by atoms with Crippen LogP contribution in [0.2, 0.25) is 0 Å². The average molecular weight is 287 g/mol. The SMILES string of the molecule is CN1[C@@H]2C=C[C@H]1CC(OC(=O)[C@H](CO)c1ccccc1)C2. The molecule has 1 aromatic rings. The molecule has 4 heteroatoms. The number of carbonyl (C=O) groups excluding carboxylic acids is 1. The van der Waals surface area contributed by atoms with Crippen LogP contribution in [0.15, 0.2) is 42.5 Å². The number of hydrogen-bond acceptors (Lipinski definition) is 4. The predicted molar refractivity (Wildman–Crippen MR) is 79.9 cm³/mol. The first-order chi connectivity index (χ1) is 10.2. The summed E-state index contributed by atoms with van der Waals surface area (Å²) in [7, 11) is 2.11. The molecule has 1 saturated heterocycles. The molecular weight excluding hydrogens is 266 g/mol. The molecule has 0 radical (unpaired) electrons. The van der Waals surface area contributed by atoms with Gasteiger partial charge in [0.15, 0.2) is 0 Å². The van der Waals surface area contributed by atoms with Crippen molar-refractivity contribution in [3.05, 3.63) is 48.0 Å². The van der Waals surface area contributed by atoms with Gasteiger partial charge in [-0.15, -0.1) is 0 Å². The predicted octanol–water partition coefficient (Wildman–Crippen LogP) is 1.71. The van der Waals surface area contributed by atoms with Crippen molar-refractivity contribution in [1.82, 2.24) is 4.90 Å². The summed E-state index contributed by atoms with van der Waals surface area (Å²) >= 11 is 0. The summed E-state index contributed by atoms with van der Waals surface area (Å²) in [6, 6.07) is 10.1. The highest BCUT2D eigenvalue weighted by atomic mass is 16.5. The molecular formula is C17H21NO3. The molecule has 4 atom stereocenters. The molecule has 0 saturated carbocycles. The van der Waals surface area contributed by atoms with E-state index in [1.807, 2.05) is 30.3 Å². The minimum absolute atomic E-state index is 0.0588. The molecule has 2 heterocycles. The summed E-state index contributed by atoms with van der Waals surface area (Å²) < 4.78 is 5.66. The summed E-state index contributed by atoms with van der Waals surface area (Å²) in [5.41, 5.74) is 0.805. The number of ether oxygens (including phenoxy) is 1. The fraction of sp³-hybridized carbons (Fsp3) is 0.471. The molecule has 1 N–H and O–H groups in total. The van der Waals surface area contributed by atoms with Crippen molar-refractivity contribution >= 4 is 5.97 Å². The van der Waals surface area contributed by atoms with E-state index in [9.17, 15) is 9.90 Å². The van der Waals surface area contributed by atoms with Crippen molar-refractivity contribution in [2.45, 2.75) is 36.9 Å². The second kappa shape index (κ2) is 6.00. The molecule has 0 amide bonds. The fourth-order valence-electron chi connectivity index (χ4n) is 3.24. The van der Waals surface area contributed by atoms with Crippen molar-refractivity contribution in [2.75, 3.05) is 13.7 Å². The maximum absolute atomic E-state index is 12.3. The highest BCUT2D eigenvalue weighted by Gasteiger charge is 2.37. The van der Waals surface area contributed by atoms with Crippen LogP contribution < -0.4 is 0 Å². The topological polar surface area (TPSA) is 49.8 Å². The summed E-state index contributed by atoms with van der Waals surface area (Å²) in [5.74, 6) is -0.908. The molecule has 2 bridgehead atoms.